The van der Waals surface area contributed by atoms with Crippen LogP contribution >= 0.6 is 0 Å². The Hall–Kier alpha value is -3.71. The van der Waals surface area contributed by atoms with E-state index in [2.05, 4.69) is 11.4 Å². The first-order valence-corrected chi connectivity index (χ1v) is 8.64. The Labute approximate surface area is 157 Å². The highest BCUT2D eigenvalue weighted by Crippen LogP contribution is 2.19. The maximum absolute atomic E-state index is 13.1. The maximum Gasteiger partial charge on any atom is 0.264 e. The predicted octanol–water partition coefficient (Wildman–Crippen LogP) is 2.22. The van der Waals surface area contributed by atoms with Crippen LogP contribution in [-0.2, 0) is 11.2 Å². The Morgan fingerprint density at radius 3 is 2.67 bits per heavy atom. The number of hydrazine groups is 1. The van der Waals surface area contributed by atoms with Crippen LogP contribution in [0, 0.1) is 22.8 Å². The van der Waals surface area contributed by atoms with Crippen molar-refractivity contribution in [2.75, 3.05) is 18.4 Å². The zero-order chi connectivity index (χ0) is 19.2. The molecule has 7 heteroatoms. The van der Waals surface area contributed by atoms with E-state index in [1.54, 1.807) is 48.5 Å². The van der Waals surface area contributed by atoms with Crippen LogP contribution in [0.4, 0.5) is 5.69 Å². The van der Waals surface area contributed by atoms with Crippen LogP contribution in [-0.4, -0.2) is 40.2 Å². The van der Waals surface area contributed by atoms with Crippen LogP contribution in [0.5, 0.6) is 5.75 Å². The van der Waals surface area contributed by atoms with E-state index in [1.165, 1.54) is 10.0 Å². The number of phenols is 1. The van der Waals surface area contributed by atoms with E-state index in [4.69, 9.17) is 5.26 Å². The lowest BCUT2D eigenvalue weighted by Crippen LogP contribution is -2.47. The molecule has 2 N–H and O–H groups in total. The summed E-state index contributed by atoms with van der Waals surface area (Å²) in [6, 6.07) is 15.1. The molecule has 1 aliphatic rings. The number of nitriles is 2. The number of anilines is 1. The number of benzene rings is 2. The lowest BCUT2D eigenvalue weighted by atomic mass is 10.0. The number of hydrogen-bond donors (Lipinski definition) is 2. The van der Waals surface area contributed by atoms with E-state index in [0.29, 0.717) is 30.8 Å². The van der Waals surface area contributed by atoms with Crippen molar-refractivity contribution in [2.24, 2.45) is 0 Å². The lowest BCUT2D eigenvalue weighted by Gasteiger charge is -2.28. The van der Waals surface area contributed by atoms with Gasteiger partial charge in [-0.05, 0) is 42.3 Å². The van der Waals surface area contributed by atoms with Crippen LogP contribution in [0.25, 0.3) is 0 Å². The average Bonchev–Trinajstić information content (AvgIpc) is 3.17. The molecule has 7 nitrogen and oxygen atoms in total. The summed E-state index contributed by atoms with van der Waals surface area (Å²) in [6.07, 6.45) is 3.16. The van der Waals surface area contributed by atoms with Gasteiger partial charge < -0.3 is 10.4 Å². The zero-order valence-corrected chi connectivity index (χ0v) is 14.7. The maximum atomic E-state index is 13.1. The largest absolute Gasteiger partial charge is 0.508 e. The van der Waals surface area contributed by atoms with E-state index in [0.717, 1.165) is 12.0 Å². The molecular weight excluding hydrogens is 342 g/mol. The molecule has 1 unspecified atom stereocenters. The average molecular weight is 361 g/mol. The van der Waals surface area contributed by atoms with Gasteiger partial charge in [0.15, 0.2) is 6.19 Å². The molecule has 0 aromatic heterocycles. The van der Waals surface area contributed by atoms with E-state index in [9.17, 15) is 15.2 Å². The molecule has 27 heavy (non-hydrogen) atoms. The highest BCUT2D eigenvalue weighted by Gasteiger charge is 2.31. The SMILES string of the molecule is N#Cc1cccc(NC(Cc2ccc(O)cc2)C(=O)N2CCCN2C#N)c1. The van der Waals surface area contributed by atoms with E-state index < -0.39 is 6.04 Å². The minimum absolute atomic E-state index is 0.159. The molecule has 1 saturated heterocycles. The molecule has 0 saturated carbocycles. The molecule has 0 aliphatic carbocycles. The Morgan fingerprint density at radius 1 is 1.19 bits per heavy atom. The summed E-state index contributed by atoms with van der Waals surface area (Å²) in [6.45, 7) is 1.02. The van der Waals surface area contributed by atoms with Crippen molar-refractivity contribution in [2.45, 2.75) is 18.9 Å². The fraction of sp³-hybridized carbons (Fsp3) is 0.250. The van der Waals surface area contributed by atoms with Gasteiger partial charge in [0, 0.05) is 18.7 Å². The summed E-state index contributed by atoms with van der Waals surface area (Å²) in [4.78, 5) is 13.1. The summed E-state index contributed by atoms with van der Waals surface area (Å²) in [5.74, 6) is -0.0454. The summed E-state index contributed by atoms with van der Waals surface area (Å²) >= 11 is 0. The van der Waals surface area contributed by atoms with Crippen LogP contribution in [0.3, 0.4) is 0 Å². The third kappa shape index (κ3) is 4.28. The molecule has 1 aliphatic heterocycles. The Morgan fingerprint density at radius 2 is 1.96 bits per heavy atom. The van der Waals surface area contributed by atoms with Gasteiger partial charge in [-0.3, -0.25) is 4.79 Å². The summed E-state index contributed by atoms with van der Waals surface area (Å²) in [5.41, 5.74) is 2.03. The Balaban J connectivity index is 1.85. The van der Waals surface area contributed by atoms with E-state index >= 15 is 0 Å². The first-order chi connectivity index (χ1) is 13.1. The molecule has 1 amide bonds. The molecule has 136 valence electrons. The number of amides is 1. The minimum atomic E-state index is -0.613. The molecule has 1 atom stereocenters. The number of aromatic hydroxyl groups is 1. The van der Waals surface area contributed by atoms with Gasteiger partial charge in [0.2, 0.25) is 0 Å². The third-order valence-corrected chi connectivity index (χ3v) is 4.41. The van der Waals surface area contributed by atoms with Gasteiger partial charge in [-0.1, -0.05) is 18.2 Å². The Kier molecular flexibility index (Phi) is 5.44. The van der Waals surface area contributed by atoms with Crippen molar-refractivity contribution in [3.8, 4) is 18.0 Å². The van der Waals surface area contributed by atoms with Gasteiger partial charge in [0.1, 0.15) is 11.8 Å². The predicted molar refractivity (Wildman–Crippen MR) is 99.0 cm³/mol. The summed E-state index contributed by atoms with van der Waals surface area (Å²) in [7, 11) is 0. The standard InChI is InChI=1S/C20H19N5O2/c21-13-16-3-1-4-17(11-16)23-19(12-15-5-7-18(26)8-6-15)20(27)25-10-2-9-24(25)14-22/h1,3-8,11,19,23,26H,2,9-10,12H2. The normalized spacial score (nSPS) is 14.3. The van der Waals surface area contributed by atoms with Crippen molar-refractivity contribution >= 4 is 11.6 Å². The molecular formula is C20H19N5O2. The van der Waals surface area contributed by atoms with Crippen molar-refractivity contribution in [1.29, 1.82) is 10.5 Å². The molecule has 2 aromatic carbocycles. The van der Waals surface area contributed by atoms with Gasteiger partial charge in [-0.2, -0.15) is 10.5 Å². The molecule has 0 bridgehead atoms. The fourth-order valence-corrected chi connectivity index (χ4v) is 3.07. The van der Waals surface area contributed by atoms with Crippen LogP contribution in [0.1, 0.15) is 17.5 Å². The highest BCUT2D eigenvalue weighted by molar-refractivity contribution is 5.85. The third-order valence-electron chi connectivity index (χ3n) is 4.41. The molecule has 3 rings (SSSR count). The van der Waals surface area contributed by atoms with Gasteiger partial charge in [0.05, 0.1) is 18.2 Å². The number of carbonyl (C=O) groups is 1. The summed E-state index contributed by atoms with van der Waals surface area (Å²) < 4.78 is 0. The first kappa shape index (κ1) is 18.1. The number of phenolic OH excluding ortho intramolecular Hbond substituents is 1. The second-order valence-electron chi connectivity index (χ2n) is 6.30. The quantitative estimate of drug-likeness (QED) is 0.792. The van der Waals surface area contributed by atoms with Crippen molar-refractivity contribution in [3.05, 3.63) is 59.7 Å². The smallest absolute Gasteiger partial charge is 0.264 e. The lowest BCUT2D eigenvalue weighted by molar-refractivity contribution is -0.140. The number of rotatable bonds is 5. The van der Waals surface area contributed by atoms with E-state index in [-0.39, 0.29) is 11.7 Å². The molecule has 1 heterocycles. The molecule has 0 radical (unpaired) electrons. The number of nitrogens with one attached hydrogen (secondary N) is 1. The van der Waals surface area contributed by atoms with Crippen molar-refractivity contribution in [1.82, 2.24) is 10.0 Å². The highest BCUT2D eigenvalue weighted by atomic mass is 16.3. The van der Waals surface area contributed by atoms with Gasteiger partial charge >= 0.3 is 0 Å². The van der Waals surface area contributed by atoms with Gasteiger partial charge in [-0.15, -0.1) is 0 Å². The molecule has 1 fully saturated rings. The van der Waals surface area contributed by atoms with Crippen LogP contribution in [0.15, 0.2) is 48.5 Å². The molecule has 0 spiro atoms. The van der Waals surface area contributed by atoms with E-state index in [1.807, 2.05) is 6.19 Å². The summed E-state index contributed by atoms with van der Waals surface area (Å²) in [5, 5.41) is 33.8. The minimum Gasteiger partial charge on any atom is -0.508 e. The van der Waals surface area contributed by atoms with Gasteiger partial charge in [0.25, 0.3) is 5.91 Å². The van der Waals surface area contributed by atoms with Crippen LogP contribution < -0.4 is 5.32 Å². The number of nitrogens with zero attached hydrogens (tertiary/aromatic N) is 4. The monoisotopic (exact) mass is 361 g/mol. The second kappa shape index (κ2) is 8.11. The number of carbonyl (C=O) groups excluding carboxylic acids is 1. The first-order valence-electron chi connectivity index (χ1n) is 8.64. The van der Waals surface area contributed by atoms with Crippen LogP contribution in [0.2, 0.25) is 0 Å². The second-order valence-corrected chi connectivity index (χ2v) is 6.30. The fourth-order valence-electron chi connectivity index (χ4n) is 3.07. The molecule has 2 aromatic rings. The zero-order valence-electron chi connectivity index (χ0n) is 14.7. The van der Waals surface area contributed by atoms with Crippen molar-refractivity contribution < 1.29 is 9.90 Å². The topological polar surface area (TPSA) is 103 Å². The number of hydrogen-bond acceptors (Lipinski definition) is 6. The van der Waals surface area contributed by atoms with Gasteiger partial charge in [-0.25, -0.2) is 10.0 Å². The van der Waals surface area contributed by atoms with Crippen molar-refractivity contribution in [3.63, 3.8) is 0 Å². The Bertz CT molecular complexity index is 898.